The molecule has 7 nitrogen and oxygen atoms in total. The van der Waals surface area contributed by atoms with Crippen LogP contribution in [0.15, 0.2) is 52.9 Å². The minimum atomic E-state index is -3.79. The number of carbonyl (C=O) groups is 1. The molecule has 0 saturated heterocycles. The SMILES string of the molecule is O=C(CNc1cc(F)ccc1F)N1CCc2cc(S(=O)(=O)Nc3nccs3)ccc21. The van der Waals surface area contributed by atoms with Crippen LogP contribution in [0.25, 0.3) is 0 Å². The van der Waals surface area contributed by atoms with Gasteiger partial charge in [-0.15, -0.1) is 11.3 Å². The summed E-state index contributed by atoms with van der Waals surface area (Å²) < 4.78 is 54.4. The van der Waals surface area contributed by atoms with Gasteiger partial charge in [-0.05, 0) is 48.4 Å². The van der Waals surface area contributed by atoms with Crippen molar-refractivity contribution in [3.8, 4) is 0 Å². The molecule has 0 bridgehead atoms. The average Bonchev–Trinajstić information content (AvgIpc) is 3.37. The lowest BCUT2D eigenvalue weighted by atomic mass is 10.2. The van der Waals surface area contributed by atoms with E-state index in [1.807, 2.05) is 0 Å². The maximum absolute atomic E-state index is 13.7. The standard InChI is InChI=1S/C19H16F2N4O3S2/c20-13-1-3-15(21)16(10-13)23-11-18(26)25-7-5-12-9-14(2-4-17(12)25)30(27,28)24-19-22-6-8-29-19/h1-4,6,8-10,23H,5,7,11H2,(H,22,24). The Morgan fingerprint density at radius 1 is 1.20 bits per heavy atom. The van der Waals surface area contributed by atoms with Gasteiger partial charge in [-0.3, -0.25) is 9.52 Å². The second-order valence-electron chi connectivity index (χ2n) is 6.51. The molecule has 3 aromatic rings. The number of fused-ring (bicyclic) bond motifs is 1. The van der Waals surface area contributed by atoms with Crippen LogP contribution in [0.1, 0.15) is 5.56 Å². The highest BCUT2D eigenvalue weighted by molar-refractivity contribution is 7.93. The molecular formula is C19H16F2N4O3S2. The second kappa shape index (κ2) is 8.00. The molecular weight excluding hydrogens is 434 g/mol. The Morgan fingerprint density at radius 3 is 2.80 bits per heavy atom. The lowest BCUT2D eigenvalue weighted by molar-refractivity contribution is -0.116. The zero-order valence-electron chi connectivity index (χ0n) is 15.4. The summed E-state index contributed by atoms with van der Waals surface area (Å²) >= 11 is 1.17. The highest BCUT2D eigenvalue weighted by Gasteiger charge is 2.27. The highest BCUT2D eigenvalue weighted by Crippen LogP contribution is 2.31. The molecule has 2 N–H and O–H groups in total. The molecule has 1 aromatic heterocycles. The summed E-state index contributed by atoms with van der Waals surface area (Å²) in [4.78, 5) is 18.1. The van der Waals surface area contributed by atoms with Gasteiger partial charge in [0.2, 0.25) is 5.91 Å². The number of rotatable bonds is 6. The molecule has 1 amide bonds. The minimum Gasteiger partial charge on any atom is -0.374 e. The Kier molecular flexibility index (Phi) is 5.39. The van der Waals surface area contributed by atoms with Crippen LogP contribution < -0.4 is 14.9 Å². The quantitative estimate of drug-likeness (QED) is 0.602. The van der Waals surface area contributed by atoms with Crippen LogP contribution in [0, 0.1) is 11.6 Å². The van der Waals surface area contributed by atoms with E-state index < -0.39 is 21.7 Å². The van der Waals surface area contributed by atoms with E-state index in [9.17, 15) is 22.0 Å². The van der Waals surface area contributed by atoms with E-state index in [2.05, 4.69) is 15.0 Å². The third-order valence-corrected chi connectivity index (χ3v) is 6.72. The number of benzene rings is 2. The first-order chi connectivity index (χ1) is 14.3. The molecule has 2 heterocycles. The largest absolute Gasteiger partial charge is 0.374 e. The predicted octanol–water partition coefficient (Wildman–Crippen LogP) is 3.22. The number of nitrogens with zero attached hydrogens (tertiary/aromatic N) is 2. The van der Waals surface area contributed by atoms with Gasteiger partial charge in [0.25, 0.3) is 10.0 Å². The van der Waals surface area contributed by atoms with Gasteiger partial charge < -0.3 is 10.2 Å². The lowest BCUT2D eigenvalue weighted by Gasteiger charge is -2.18. The molecule has 0 saturated carbocycles. The summed E-state index contributed by atoms with van der Waals surface area (Å²) in [6, 6.07) is 7.47. The van der Waals surface area contributed by atoms with Crippen molar-refractivity contribution in [2.75, 3.05) is 28.0 Å². The Bertz CT molecular complexity index is 1200. The number of sulfonamides is 1. The number of nitrogens with one attached hydrogen (secondary N) is 2. The molecule has 0 atom stereocenters. The van der Waals surface area contributed by atoms with Gasteiger partial charge in [-0.25, -0.2) is 22.2 Å². The molecule has 0 radical (unpaired) electrons. The van der Waals surface area contributed by atoms with Gasteiger partial charge in [0.15, 0.2) is 5.13 Å². The minimum absolute atomic E-state index is 0.0747. The summed E-state index contributed by atoms with van der Waals surface area (Å²) in [5.74, 6) is -1.61. The first-order valence-electron chi connectivity index (χ1n) is 8.88. The number of halogens is 2. The molecule has 0 unspecified atom stereocenters. The lowest BCUT2D eigenvalue weighted by Crippen LogP contribution is -2.34. The first kappa shape index (κ1) is 20.2. The fourth-order valence-corrected chi connectivity index (χ4v) is 4.99. The predicted molar refractivity (Wildman–Crippen MR) is 110 cm³/mol. The molecule has 0 spiro atoms. The Balaban J connectivity index is 1.48. The topological polar surface area (TPSA) is 91.4 Å². The zero-order valence-corrected chi connectivity index (χ0v) is 17.1. The fourth-order valence-electron chi connectivity index (χ4n) is 3.15. The van der Waals surface area contributed by atoms with Gasteiger partial charge >= 0.3 is 0 Å². The van der Waals surface area contributed by atoms with Crippen molar-refractivity contribution in [3.63, 3.8) is 0 Å². The van der Waals surface area contributed by atoms with Gasteiger partial charge in [-0.2, -0.15) is 0 Å². The van der Waals surface area contributed by atoms with Gasteiger partial charge in [0.1, 0.15) is 11.6 Å². The maximum Gasteiger partial charge on any atom is 0.263 e. The van der Waals surface area contributed by atoms with E-state index in [0.717, 1.165) is 18.2 Å². The van der Waals surface area contributed by atoms with Crippen LogP contribution in [0.5, 0.6) is 0 Å². The number of hydrogen-bond donors (Lipinski definition) is 2. The van der Waals surface area contributed by atoms with E-state index in [1.54, 1.807) is 11.4 Å². The third kappa shape index (κ3) is 4.12. The van der Waals surface area contributed by atoms with Crippen LogP contribution >= 0.6 is 11.3 Å². The highest BCUT2D eigenvalue weighted by atomic mass is 32.2. The van der Waals surface area contributed by atoms with Gasteiger partial charge in [0.05, 0.1) is 17.1 Å². The van der Waals surface area contributed by atoms with Crippen molar-refractivity contribution in [1.29, 1.82) is 0 Å². The Hall–Kier alpha value is -3.05. The summed E-state index contributed by atoms with van der Waals surface area (Å²) in [6.45, 7) is 0.135. The Labute approximate surface area is 175 Å². The maximum atomic E-state index is 13.7. The summed E-state index contributed by atoms with van der Waals surface area (Å²) in [5.41, 5.74) is 1.20. The first-order valence-corrected chi connectivity index (χ1v) is 11.2. The number of aromatic nitrogens is 1. The van der Waals surface area contributed by atoms with E-state index in [0.29, 0.717) is 24.2 Å². The summed E-state index contributed by atoms with van der Waals surface area (Å²) in [7, 11) is -3.79. The van der Waals surface area contributed by atoms with E-state index in [1.165, 1.54) is 34.6 Å². The summed E-state index contributed by atoms with van der Waals surface area (Å²) in [5, 5.41) is 4.53. The van der Waals surface area contributed by atoms with Crippen molar-refractivity contribution in [1.82, 2.24) is 4.98 Å². The summed E-state index contributed by atoms with van der Waals surface area (Å²) in [6.07, 6.45) is 1.98. The molecule has 1 aliphatic rings. The number of thiazole rings is 1. The Morgan fingerprint density at radius 2 is 2.03 bits per heavy atom. The normalized spacial score (nSPS) is 13.2. The molecule has 0 aliphatic carbocycles. The molecule has 11 heteroatoms. The van der Waals surface area contributed by atoms with Crippen molar-refractivity contribution < 1.29 is 22.0 Å². The zero-order chi connectivity index (χ0) is 21.3. The van der Waals surface area contributed by atoms with Crippen molar-refractivity contribution in [2.24, 2.45) is 0 Å². The van der Waals surface area contributed by atoms with Crippen molar-refractivity contribution >= 4 is 43.8 Å². The van der Waals surface area contributed by atoms with Gasteiger partial charge in [-0.1, -0.05) is 0 Å². The monoisotopic (exact) mass is 450 g/mol. The molecule has 0 fully saturated rings. The second-order valence-corrected chi connectivity index (χ2v) is 9.08. The molecule has 1 aliphatic heterocycles. The molecule has 30 heavy (non-hydrogen) atoms. The fraction of sp³-hybridized carbons (Fsp3) is 0.158. The van der Waals surface area contributed by atoms with Crippen LogP contribution in [0.4, 0.5) is 25.3 Å². The van der Waals surface area contributed by atoms with Gasteiger partial charge in [0, 0.05) is 23.8 Å². The van der Waals surface area contributed by atoms with Crippen molar-refractivity contribution in [3.05, 3.63) is 65.2 Å². The van der Waals surface area contributed by atoms with Crippen LogP contribution in [-0.4, -0.2) is 32.4 Å². The van der Waals surface area contributed by atoms with Crippen LogP contribution in [0.2, 0.25) is 0 Å². The van der Waals surface area contributed by atoms with E-state index >= 15 is 0 Å². The smallest absolute Gasteiger partial charge is 0.263 e. The van der Waals surface area contributed by atoms with Crippen molar-refractivity contribution in [2.45, 2.75) is 11.3 Å². The molecule has 2 aromatic carbocycles. The molecule has 4 rings (SSSR count). The van der Waals surface area contributed by atoms with E-state index in [4.69, 9.17) is 0 Å². The van der Waals surface area contributed by atoms with Crippen LogP contribution in [0.3, 0.4) is 0 Å². The van der Waals surface area contributed by atoms with Crippen LogP contribution in [-0.2, 0) is 21.2 Å². The third-order valence-electron chi connectivity index (χ3n) is 4.57. The molecule has 156 valence electrons. The van der Waals surface area contributed by atoms with E-state index in [-0.39, 0.29) is 28.2 Å². The average molecular weight is 450 g/mol. The number of hydrogen-bond acceptors (Lipinski definition) is 6. The number of amides is 1. The number of anilines is 3. The number of carbonyl (C=O) groups excluding carboxylic acids is 1.